The number of imidazole rings is 1. The van der Waals surface area contributed by atoms with E-state index in [-0.39, 0.29) is 43.4 Å². The molecular weight excluding hydrogens is 723 g/mol. The van der Waals surface area contributed by atoms with Crippen molar-refractivity contribution in [1.82, 2.24) is 29.1 Å². The van der Waals surface area contributed by atoms with E-state index in [0.29, 0.717) is 57.5 Å². The Hall–Kier alpha value is -6.33. The first-order valence-corrected chi connectivity index (χ1v) is 17.3. The Morgan fingerprint density at radius 1 is 0.982 bits per heavy atom. The lowest BCUT2D eigenvalue weighted by molar-refractivity contribution is -0.165. The Morgan fingerprint density at radius 3 is 2.49 bits per heavy atom. The Balaban J connectivity index is 1.20. The minimum absolute atomic E-state index is 0.0823. The number of aryl methyl sites for hydroxylation is 1. The first-order valence-electron chi connectivity index (χ1n) is 17.3. The molecule has 0 radical (unpaired) electrons. The minimum Gasteiger partial charge on any atom is -0.497 e. The maximum absolute atomic E-state index is 13.6. The van der Waals surface area contributed by atoms with Crippen molar-refractivity contribution in [2.45, 2.75) is 70.3 Å². The third-order valence-electron chi connectivity index (χ3n) is 9.16. The number of esters is 1. The fourth-order valence-corrected chi connectivity index (χ4v) is 6.36. The molecule has 0 aliphatic heterocycles. The predicted octanol–water partition coefficient (Wildman–Crippen LogP) is 7.33. The second-order valence-corrected chi connectivity index (χ2v) is 14.0. The number of nitrogens with zero attached hydrogens (tertiary/aromatic N) is 6. The van der Waals surface area contributed by atoms with E-state index in [4.69, 9.17) is 18.7 Å². The second kappa shape index (κ2) is 14.1. The van der Waals surface area contributed by atoms with Crippen LogP contribution in [0.5, 0.6) is 11.5 Å². The van der Waals surface area contributed by atoms with E-state index in [1.807, 2.05) is 22.9 Å². The number of halogens is 3. The first kappa shape index (κ1) is 37.0. The van der Waals surface area contributed by atoms with Gasteiger partial charge in [0.25, 0.3) is 0 Å². The normalized spacial score (nSPS) is 13.8. The van der Waals surface area contributed by atoms with E-state index < -0.39 is 23.2 Å². The summed E-state index contributed by atoms with van der Waals surface area (Å²) < 4.78 is 65.8. The Kier molecular flexibility index (Phi) is 9.52. The van der Waals surface area contributed by atoms with Crippen molar-refractivity contribution in [3.63, 3.8) is 0 Å². The highest BCUT2D eigenvalue weighted by atomic mass is 19.4. The van der Waals surface area contributed by atoms with Gasteiger partial charge in [-0.1, -0.05) is 5.16 Å². The molecule has 5 heterocycles. The maximum atomic E-state index is 13.6. The molecule has 6 aromatic rings. The number of methoxy groups -OCH3 is 2. The molecule has 0 unspecified atom stereocenters. The summed E-state index contributed by atoms with van der Waals surface area (Å²) >= 11 is 0. The molecule has 1 aliphatic carbocycles. The number of fused-ring (bicyclic) bond motifs is 2. The Bertz CT molecular complexity index is 2390. The van der Waals surface area contributed by atoms with Gasteiger partial charge in [0, 0.05) is 54.9 Å². The van der Waals surface area contributed by atoms with E-state index in [2.05, 4.69) is 36.1 Å². The van der Waals surface area contributed by atoms with Crippen molar-refractivity contribution >= 4 is 46.0 Å². The molecule has 0 atom stereocenters. The van der Waals surface area contributed by atoms with Gasteiger partial charge in [-0.25, -0.2) is 19.7 Å². The topological polar surface area (TPSA) is 172 Å². The number of alkyl halides is 3. The number of urea groups is 1. The number of hydrogen-bond acceptors (Lipinski definition) is 11. The van der Waals surface area contributed by atoms with Crippen molar-refractivity contribution in [2.24, 2.45) is 0 Å². The Labute approximate surface area is 312 Å². The van der Waals surface area contributed by atoms with Crippen LogP contribution in [0.25, 0.3) is 27.9 Å². The lowest BCUT2D eigenvalue weighted by atomic mass is 10.0. The smallest absolute Gasteiger partial charge is 0.401 e. The fourth-order valence-electron chi connectivity index (χ4n) is 6.36. The fraction of sp³-hybridized carbons (Fsp3) is 0.351. The van der Waals surface area contributed by atoms with E-state index in [1.54, 1.807) is 70.0 Å². The highest BCUT2D eigenvalue weighted by molar-refractivity contribution is 6.03. The van der Waals surface area contributed by atoms with Gasteiger partial charge in [0.05, 0.1) is 37.4 Å². The number of carbonyl (C=O) groups excluding carboxylic acids is 2. The number of ether oxygens (including phenoxy) is 3. The molecule has 1 aromatic carbocycles. The zero-order chi connectivity index (χ0) is 39.1. The molecule has 0 spiro atoms. The van der Waals surface area contributed by atoms with Crippen molar-refractivity contribution in [1.29, 1.82) is 0 Å². The van der Waals surface area contributed by atoms with Crippen molar-refractivity contribution in [3.8, 4) is 22.8 Å². The third kappa shape index (κ3) is 7.43. The van der Waals surface area contributed by atoms with Crippen LogP contribution in [0.4, 0.5) is 35.3 Å². The number of aromatic nitrogens is 6. The predicted molar refractivity (Wildman–Crippen MR) is 195 cm³/mol. The van der Waals surface area contributed by atoms with Crippen molar-refractivity contribution in [3.05, 3.63) is 72.6 Å². The molecule has 7 rings (SSSR count). The minimum atomic E-state index is -4.49. The molecule has 18 heteroatoms. The zero-order valence-corrected chi connectivity index (χ0v) is 30.6. The summed E-state index contributed by atoms with van der Waals surface area (Å²) in [5.41, 5.74) is 0.701. The number of nitrogens with one attached hydrogen (secondary N) is 3. The zero-order valence-electron chi connectivity index (χ0n) is 30.6. The van der Waals surface area contributed by atoms with Gasteiger partial charge in [0.15, 0.2) is 17.2 Å². The summed E-state index contributed by atoms with van der Waals surface area (Å²) in [6.45, 7) is 6.02. The van der Waals surface area contributed by atoms with Crippen LogP contribution in [0.3, 0.4) is 0 Å². The van der Waals surface area contributed by atoms with Gasteiger partial charge in [-0.3, -0.25) is 14.5 Å². The molecule has 1 fully saturated rings. The van der Waals surface area contributed by atoms with Crippen LogP contribution in [0.2, 0.25) is 0 Å². The lowest BCUT2D eigenvalue weighted by Crippen LogP contribution is -2.28. The van der Waals surface area contributed by atoms with Gasteiger partial charge in [0.2, 0.25) is 0 Å². The third-order valence-corrected chi connectivity index (χ3v) is 9.16. The monoisotopic (exact) mass is 761 g/mol. The van der Waals surface area contributed by atoms with Gasteiger partial charge in [0.1, 0.15) is 40.3 Å². The van der Waals surface area contributed by atoms with Gasteiger partial charge in [-0.05, 0) is 57.9 Å². The molecule has 1 aliphatic rings. The quantitative estimate of drug-likeness (QED) is 0.107. The van der Waals surface area contributed by atoms with Crippen molar-refractivity contribution < 1.29 is 41.5 Å². The van der Waals surface area contributed by atoms with E-state index in [1.165, 1.54) is 6.33 Å². The number of carbonyl (C=O) groups is 2. The van der Waals surface area contributed by atoms with Crippen LogP contribution >= 0.6 is 0 Å². The van der Waals surface area contributed by atoms with Crippen LogP contribution < -0.4 is 25.4 Å². The number of anilines is 3. The van der Waals surface area contributed by atoms with Gasteiger partial charge in [-0.15, -0.1) is 0 Å². The SMILES string of the molecule is COc1ccc(CNc2ncnc3c2c(-c2ccc(NC(=O)Nc4cc(C5(C(F)(F)F)CC5)on4)c4nccn24)cn3CCC(=O)OC(C)(C)C)c(OC)c1. The summed E-state index contributed by atoms with van der Waals surface area (Å²) in [5, 5.41) is 12.8. The van der Waals surface area contributed by atoms with Gasteiger partial charge >= 0.3 is 18.2 Å². The molecule has 288 valence electrons. The molecule has 55 heavy (non-hydrogen) atoms. The number of hydrogen-bond donors (Lipinski definition) is 3. The van der Waals surface area contributed by atoms with Crippen LogP contribution in [0.1, 0.15) is 51.4 Å². The molecule has 5 aromatic heterocycles. The maximum Gasteiger partial charge on any atom is 0.401 e. The van der Waals surface area contributed by atoms with Gasteiger partial charge in [-0.2, -0.15) is 13.2 Å². The standard InChI is InChI=1S/C37H38F3N9O6/c1-35(2,3)54-29(50)10-14-48-19-23(30-31(43-20-44-33(30)48)42-18-21-6-7-22(52-4)16-26(21)53-5)25-9-8-24(32-41-13-15-49(25)32)45-34(51)46-28-17-27(55-47-28)36(11-12-36)37(38,39)40/h6-9,13,15-17,19-20H,10-12,14,18H2,1-5H3,(H,42,43,44)(H2,45,46,47,51). The molecular formula is C37H38F3N9O6. The summed E-state index contributed by atoms with van der Waals surface area (Å²) in [4.78, 5) is 39.4. The second-order valence-electron chi connectivity index (χ2n) is 14.0. The molecule has 0 bridgehead atoms. The molecule has 2 amide bonds. The lowest BCUT2D eigenvalue weighted by Gasteiger charge is -2.19. The highest BCUT2D eigenvalue weighted by Crippen LogP contribution is 2.59. The van der Waals surface area contributed by atoms with Crippen LogP contribution in [-0.2, 0) is 28.0 Å². The Morgan fingerprint density at radius 2 is 1.78 bits per heavy atom. The summed E-state index contributed by atoms with van der Waals surface area (Å²) in [7, 11) is 3.16. The largest absolute Gasteiger partial charge is 0.497 e. The average molecular weight is 762 g/mol. The van der Waals surface area contributed by atoms with E-state index in [0.717, 1.165) is 11.6 Å². The average Bonchev–Trinajstić information content (AvgIpc) is 3.42. The molecule has 0 saturated heterocycles. The van der Waals surface area contributed by atoms with E-state index in [9.17, 15) is 22.8 Å². The number of pyridine rings is 1. The number of amides is 2. The van der Waals surface area contributed by atoms with Crippen molar-refractivity contribution in [2.75, 3.05) is 30.2 Å². The summed E-state index contributed by atoms with van der Waals surface area (Å²) in [5.74, 6) is 0.904. The first-order chi connectivity index (χ1) is 26.2. The van der Waals surface area contributed by atoms with Crippen LogP contribution in [0.15, 0.2) is 65.8 Å². The number of benzene rings is 1. The van der Waals surface area contributed by atoms with Crippen LogP contribution in [0, 0.1) is 0 Å². The van der Waals surface area contributed by atoms with Crippen LogP contribution in [-0.4, -0.2) is 67.1 Å². The highest BCUT2D eigenvalue weighted by Gasteiger charge is 2.67. The van der Waals surface area contributed by atoms with Gasteiger partial charge < -0.3 is 33.9 Å². The van der Waals surface area contributed by atoms with E-state index >= 15 is 0 Å². The molecule has 15 nitrogen and oxygen atoms in total. The summed E-state index contributed by atoms with van der Waals surface area (Å²) in [6.07, 6.45) is 1.96. The molecule has 1 saturated carbocycles. The molecule has 3 N–H and O–H groups in total. The number of rotatable bonds is 12. The summed E-state index contributed by atoms with van der Waals surface area (Å²) in [6, 6.07) is 9.26.